The van der Waals surface area contributed by atoms with E-state index in [9.17, 15) is 0 Å². The first-order chi connectivity index (χ1) is 19.4. The zero-order chi connectivity index (χ0) is 25.8. The molecule has 2 nitrogen and oxygen atoms in total. The Labute approximate surface area is 227 Å². The molecule has 2 heteroatoms. The van der Waals surface area contributed by atoms with Crippen LogP contribution in [0, 0.1) is 11.8 Å². The van der Waals surface area contributed by atoms with E-state index in [0.717, 1.165) is 12.8 Å². The lowest BCUT2D eigenvalue weighted by Gasteiger charge is -2.20. The Morgan fingerprint density at radius 3 is 2.03 bits per heavy atom. The molecule has 0 fully saturated rings. The number of aromatic nitrogens is 2. The van der Waals surface area contributed by atoms with E-state index in [-0.39, 0.29) is 0 Å². The summed E-state index contributed by atoms with van der Waals surface area (Å²) in [5.41, 5.74) is 11.3. The summed E-state index contributed by atoms with van der Waals surface area (Å²) in [7, 11) is 0. The maximum absolute atomic E-state index is 3.43. The molecule has 0 saturated carbocycles. The minimum Gasteiger partial charge on any atom is -0.312 e. The average molecular weight is 499 g/mol. The van der Waals surface area contributed by atoms with Gasteiger partial charge in [-0.25, -0.2) is 0 Å². The van der Waals surface area contributed by atoms with Gasteiger partial charge in [0.05, 0.1) is 27.9 Å². The van der Waals surface area contributed by atoms with E-state index in [1.54, 1.807) is 0 Å². The van der Waals surface area contributed by atoms with Gasteiger partial charge in [0.25, 0.3) is 0 Å². The number of allylic oxidation sites excluding steroid dienone is 5. The Morgan fingerprint density at radius 1 is 0.615 bits per heavy atom. The van der Waals surface area contributed by atoms with Crippen LogP contribution in [0.25, 0.3) is 55.7 Å². The molecule has 0 aliphatic heterocycles. The summed E-state index contributed by atoms with van der Waals surface area (Å²) in [4.78, 5) is 0. The van der Waals surface area contributed by atoms with Gasteiger partial charge in [0, 0.05) is 39.4 Å². The van der Waals surface area contributed by atoms with E-state index in [4.69, 9.17) is 0 Å². The molecule has 0 bridgehead atoms. The second kappa shape index (κ2) is 8.79. The van der Waals surface area contributed by atoms with Crippen molar-refractivity contribution < 1.29 is 0 Å². The summed E-state index contributed by atoms with van der Waals surface area (Å²) in [5.74, 6) is 6.69. The zero-order valence-electron chi connectivity index (χ0n) is 21.6. The lowest BCUT2D eigenvalue weighted by Crippen LogP contribution is -2.07. The van der Waals surface area contributed by atoms with Gasteiger partial charge in [-0.2, -0.15) is 0 Å². The molecule has 0 N–H and O–H groups in total. The smallest absolute Gasteiger partial charge is 0.0541 e. The Morgan fingerprint density at radius 2 is 1.26 bits per heavy atom. The molecule has 0 spiro atoms. The third-order valence-corrected chi connectivity index (χ3v) is 8.14. The topological polar surface area (TPSA) is 9.86 Å². The predicted molar refractivity (Wildman–Crippen MR) is 165 cm³/mol. The maximum atomic E-state index is 3.43. The van der Waals surface area contributed by atoms with Crippen molar-refractivity contribution in [3.63, 3.8) is 0 Å². The van der Waals surface area contributed by atoms with Crippen LogP contribution in [0.2, 0.25) is 0 Å². The number of para-hydroxylation sites is 4. The molecule has 184 valence electrons. The Hall–Kier alpha value is -5.00. The van der Waals surface area contributed by atoms with Crippen LogP contribution in [-0.4, -0.2) is 9.13 Å². The standard InChI is InChI=1S/C37H26N2/c1-2-14-26(32(20-3-1)38-34-22-10-5-16-28(34)29-17-6-11-23-35(29)38)27-15-4-9-21-33(27)39-36-24-12-7-18-30(36)31-19-8-13-25-37(31)39/h3-12,15-24H,13-14,25H2. The van der Waals surface area contributed by atoms with Crippen LogP contribution in [0.5, 0.6) is 0 Å². The highest BCUT2D eigenvalue weighted by molar-refractivity contribution is 6.12. The first kappa shape index (κ1) is 22.0. The van der Waals surface area contributed by atoms with Gasteiger partial charge in [-0.15, -0.1) is 0 Å². The molecule has 0 amide bonds. The fraction of sp³-hybridized carbons (Fsp3) is 0.0811. The van der Waals surface area contributed by atoms with Crippen LogP contribution in [0.15, 0.2) is 115 Å². The lowest BCUT2D eigenvalue weighted by molar-refractivity contribution is 0.887. The summed E-state index contributed by atoms with van der Waals surface area (Å²) >= 11 is 0. The molecule has 6 aromatic rings. The molecule has 8 rings (SSSR count). The first-order valence-electron chi connectivity index (χ1n) is 13.7. The van der Waals surface area contributed by atoms with Gasteiger partial charge in [0.1, 0.15) is 0 Å². The van der Waals surface area contributed by atoms with Gasteiger partial charge in [-0.1, -0.05) is 96.8 Å². The molecule has 39 heavy (non-hydrogen) atoms. The molecule has 0 unspecified atom stereocenters. The van der Waals surface area contributed by atoms with Crippen molar-refractivity contribution in [3.8, 4) is 17.5 Å². The Bertz CT molecular complexity index is 2040. The van der Waals surface area contributed by atoms with Crippen molar-refractivity contribution in [1.29, 1.82) is 0 Å². The van der Waals surface area contributed by atoms with E-state index in [0.29, 0.717) is 6.42 Å². The van der Waals surface area contributed by atoms with Crippen LogP contribution in [0.3, 0.4) is 0 Å². The van der Waals surface area contributed by atoms with Crippen LogP contribution >= 0.6 is 0 Å². The van der Waals surface area contributed by atoms with Gasteiger partial charge < -0.3 is 9.13 Å². The molecule has 2 aliphatic carbocycles. The van der Waals surface area contributed by atoms with Crippen molar-refractivity contribution in [3.05, 3.63) is 132 Å². The molecule has 4 aromatic carbocycles. The van der Waals surface area contributed by atoms with E-state index in [1.165, 1.54) is 66.5 Å². The summed E-state index contributed by atoms with van der Waals surface area (Å²) in [5, 5.41) is 3.85. The van der Waals surface area contributed by atoms with E-state index < -0.39 is 0 Å². The Balaban J connectivity index is 1.47. The molecule has 0 saturated heterocycles. The van der Waals surface area contributed by atoms with Crippen molar-refractivity contribution >= 4 is 50.1 Å². The van der Waals surface area contributed by atoms with Gasteiger partial charge in [0.2, 0.25) is 0 Å². The quantitative estimate of drug-likeness (QED) is 0.215. The second-order valence-corrected chi connectivity index (χ2v) is 10.2. The van der Waals surface area contributed by atoms with Gasteiger partial charge >= 0.3 is 0 Å². The number of nitrogens with zero attached hydrogens (tertiary/aromatic N) is 2. The van der Waals surface area contributed by atoms with Crippen molar-refractivity contribution in [2.45, 2.75) is 19.3 Å². The lowest BCUT2D eigenvalue weighted by atomic mass is 9.97. The summed E-state index contributed by atoms with van der Waals surface area (Å²) in [6.45, 7) is 0. The molecule has 2 aromatic heterocycles. The number of fused-ring (bicyclic) bond motifs is 6. The summed E-state index contributed by atoms with van der Waals surface area (Å²) in [6, 6.07) is 35.1. The predicted octanol–water partition coefficient (Wildman–Crippen LogP) is 9.03. The number of benzene rings is 4. The van der Waals surface area contributed by atoms with E-state index in [1.807, 2.05) is 6.08 Å². The maximum Gasteiger partial charge on any atom is 0.0541 e. The Kier molecular flexibility index (Phi) is 4.96. The van der Waals surface area contributed by atoms with Gasteiger partial charge in [-0.3, -0.25) is 0 Å². The van der Waals surface area contributed by atoms with Crippen LogP contribution in [-0.2, 0) is 6.42 Å². The van der Waals surface area contributed by atoms with Crippen molar-refractivity contribution in [2.24, 2.45) is 0 Å². The van der Waals surface area contributed by atoms with Crippen LogP contribution in [0.4, 0.5) is 0 Å². The molecule has 0 radical (unpaired) electrons. The molecule has 0 atom stereocenters. The van der Waals surface area contributed by atoms with Gasteiger partial charge in [0.15, 0.2) is 0 Å². The third kappa shape index (κ3) is 3.30. The molecule has 2 aliphatic rings. The van der Waals surface area contributed by atoms with Crippen LogP contribution in [0.1, 0.15) is 29.7 Å². The highest BCUT2D eigenvalue weighted by Crippen LogP contribution is 2.40. The number of hydrogen-bond acceptors (Lipinski definition) is 0. The second-order valence-electron chi connectivity index (χ2n) is 10.2. The zero-order valence-corrected chi connectivity index (χ0v) is 21.6. The van der Waals surface area contributed by atoms with Crippen molar-refractivity contribution in [1.82, 2.24) is 9.13 Å². The SMILES string of the molecule is C1#CCC(c2ccccc2-n2c3c(c4ccccc42)C=CCC3)=C(n2c3ccccc3c3ccccc32)C=C1. The minimum absolute atomic E-state index is 0.682. The van der Waals surface area contributed by atoms with E-state index >= 15 is 0 Å². The first-order valence-corrected chi connectivity index (χ1v) is 13.7. The number of rotatable bonds is 3. The fourth-order valence-corrected chi connectivity index (χ4v) is 6.51. The number of hydrogen-bond donors (Lipinski definition) is 0. The van der Waals surface area contributed by atoms with Crippen molar-refractivity contribution in [2.75, 3.05) is 0 Å². The third-order valence-electron chi connectivity index (χ3n) is 8.14. The minimum atomic E-state index is 0.682. The van der Waals surface area contributed by atoms with Gasteiger partial charge in [-0.05, 0) is 54.8 Å². The van der Waals surface area contributed by atoms with Crippen LogP contribution < -0.4 is 0 Å². The summed E-state index contributed by atoms with van der Waals surface area (Å²) in [6.07, 6.45) is 11.6. The highest BCUT2D eigenvalue weighted by Gasteiger charge is 2.23. The highest BCUT2D eigenvalue weighted by atomic mass is 15.0. The monoisotopic (exact) mass is 498 g/mol. The fourth-order valence-electron chi connectivity index (χ4n) is 6.51. The van der Waals surface area contributed by atoms with E-state index in [2.05, 4.69) is 136 Å². The molecular formula is C37H26N2. The molecular weight excluding hydrogens is 472 g/mol. The normalized spacial score (nSPS) is 14.6. The molecule has 2 heterocycles. The largest absolute Gasteiger partial charge is 0.312 e. The summed E-state index contributed by atoms with van der Waals surface area (Å²) < 4.78 is 4.93. The average Bonchev–Trinajstić information content (AvgIpc) is 3.39.